The largest absolute Gasteiger partial charge is 0.504 e. The predicted octanol–water partition coefficient (Wildman–Crippen LogP) is 2.85. The Bertz CT molecular complexity index is 584. The van der Waals surface area contributed by atoms with Gasteiger partial charge in [0, 0.05) is 18.0 Å². The molecule has 0 atom stereocenters. The second kappa shape index (κ2) is 7.38. The number of aryl methyl sites for hydroxylation is 1. The van der Waals surface area contributed by atoms with Crippen molar-refractivity contribution in [3.05, 3.63) is 23.2 Å². The van der Waals surface area contributed by atoms with Crippen molar-refractivity contribution in [2.45, 2.75) is 32.7 Å². The lowest BCUT2D eigenvalue weighted by Crippen LogP contribution is -2.23. The van der Waals surface area contributed by atoms with Crippen LogP contribution in [-0.2, 0) is 6.42 Å². The number of methoxy groups -OCH3 is 1. The molecule has 2 aromatic rings. The Hall–Kier alpha value is -1.66. The molecular weight excluding hydrogens is 286 g/mol. The second-order valence-corrected chi connectivity index (χ2v) is 6.16. The van der Waals surface area contributed by atoms with Crippen LogP contribution < -0.4 is 10.1 Å². The zero-order valence-corrected chi connectivity index (χ0v) is 13.4. The summed E-state index contributed by atoms with van der Waals surface area (Å²) in [5.74, 6) is 0.580. The van der Waals surface area contributed by atoms with Crippen LogP contribution in [0.1, 0.15) is 25.3 Å². The average Bonchev–Trinajstić information content (AvgIpc) is 2.92. The van der Waals surface area contributed by atoms with Crippen molar-refractivity contribution in [2.24, 2.45) is 0 Å². The third-order valence-corrected chi connectivity index (χ3v) is 4.04. The van der Waals surface area contributed by atoms with E-state index in [-0.39, 0.29) is 5.75 Å². The van der Waals surface area contributed by atoms with Gasteiger partial charge in [0.2, 0.25) is 0 Å². The van der Waals surface area contributed by atoms with Crippen molar-refractivity contribution in [2.75, 3.05) is 13.7 Å². The summed E-state index contributed by atoms with van der Waals surface area (Å²) in [6.45, 7) is 5.26. The molecule has 6 heteroatoms. The van der Waals surface area contributed by atoms with Gasteiger partial charge in [0.1, 0.15) is 10.0 Å². The van der Waals surface area contributed by atoms with Crippen LogP contribution in [0.15, 0.2) is 18.2 Å². The maximum Gasteiger partial charge on any atom is 0.160 e. The van der Waals surface area contributed by atoms with Gasteiger partial charge in [-0.15, -0.1) is 10.2 Å². The van der Waals surface area contributed by atoms with Crippen molar-refractivity contribution in [3.8, 4) is 22.1 Å². The number of hydrogen-bond donors (Lipinski definition) is 2. The van der Waals surface area contributed by atoms with Crippen LogP contribution in [0, 0.1) is 0 Å². The van der Waals surface area contributed by atoms with Crippen LogP contribution in [-0.4, -0.2) is 35.0 Å². The van der Waals surface area contributed by atoms with Crippen molar-refractivity contribution in [3.63, 3.8) is 0 Å². The molecule has 0 unspecified atom stereocenters. The molecule has 0 aliphatic heterocycles. The number of phenols is 1. The topological polar surface area (TPSA) is 67.3 Å². The summed E-state index contributed by atoms with van der Waals surface area (Å²) < 4.78 is 5.04. The van der Waals surface area contributed by atoms with E-state index in [2.05, 4.69) is 29.4 Å². The Balaban J connectivity index is 1.97. The van der Waals surface area contributed by atoms with Gasteiger partial charge in [-0.1, -0.05) is 25.2 Å². The van der Waals surface area contributed by atoms with Gasteiger partial charge in [0.15, 0.2) is 11.5 Å². The Morgan fingerprint density at radius 1 is 1.33 bits per heavy atom. The molecular formula is C15H21N3O2S. The summed E-state index contributed by atoms with van der Waals surface area (Å²) in [4.78, 5) is 0. The first kappa shape index (κ1) is 15.7. The minimum absolute atomic E-state index is 0.118. The highest BCUT2D eigenvalue weighted by atomic mass is 32.1. The van der Waals surface area contributed by atoms with E-state index in [1.54, 1.807) is 23.5 Å². The molecule has 5 nitrogen and oxygen atoms in total. The first-order chi connectivity index (χ1) is 10.1. The molecule has 0 aliphatic carbocycles. The summed E-state index contributed by atoms with van der Waals surface area (Å²) in [5.41, 5.74) is 0.859. The number of nitrogens with zero attached hydrogens (tertiary/aromatic N) is 2. The summed E-state index contributed by atoms with van der Waals surface area (Å²) in [6, 6.07) is 5.78. The van der Waals surface area contributed by atoms with Gasteiger partial charge < -0.3 is 15.2 Å². The minimum Gasteiger partial charge on any atom is -0.504 e. The number of benzene rings is 1. The molecule has 2 N–H and O–H groups in total. The Morgan fingerprint density at radius 3 is 2.81 bits per heavy atom. The molecule has 0 saturated carbocycles. The van der Waals surface area contributed by atoms with Gasteiger partial charge in [0.25, 0.3) is 0 Å². The molecule has 1 heterocycles. The molecule has 0 fully saturated rings. The number of aromatic nitrogens is 2. The number of hydrogen-bond acceptors (Lipinski definition) is 6. The standard InChI is InChI=1S/C15H21N3O2S/c1-10(2)16-8-4-5-14-17-18-15(21-14)11-6-7-13(20-3)12(19)9-11/h6-7,9-10,16,19H,4-5,8H2,1-3H3. The number of ether oxygens (including phenoxy) is 1. The first-order valence-electron chi connectivity index (χ1n) is 7.03. The Labute approximate surface area is 129 Å². The van der Waals surface area contributed by atoms with E-state index in [1.165, 1.54) is 7.11 Å². The Kier molecular flexibility index (Phi) is 5.52. The fourth-order valence-electron chi connectivity index (χ4n) is 1.92. The van der Waals surface area contributed by atoms with Crippen molar-refractivity contribution in [1.29, 1.82) is 0 Å². The molecule has 0 bridgehead atoms. The molecule has 114 valence electrons. The van der Waals surface area contributed by atoms with Crippen LogP contribution in [0.2, 0.25) is 0 Å². The summed E-state index contributed by atoms with van der Waals surface area (Å²) in [7, 11) is 1.53. The van der Waals surface area contributed by atoms with Gasteiger partial charge in [-0.05, 0) is 31.2 Å². The fourth-order valence-corrected chi connectivity index (χ4v) is 2.80. The van der Waals surface area contributed by atoms with Crippen LogP contribution in [0.25, 0.3) is 10.6 Å². The van der Waals surface area contributed by atoms with Crippen LogP contribution in [0.3, 0.4) is 0 Å². The van der Waals surface area contributed by atoms with E-state index < -0.39 is 0 Å². The zero-order chi connectivity index (χ0) is 15.2. The fraction of sp³-hybridized carbons (Fsp3) is 0.467. The molecule has 2 rings (SSSR count). The minimum atomic E-state index is 0.118. The van der Waals surface area contributed by atoms with Crippen LogP contribution in [0.5, 0.6) is 11.5 Å². The average molecular weight is 307 g/mol. The molecule has 1 aromatic carbocycles. The summed E-state index contributed by atoms with van der Waals surface area (Å²) >= 11 is 1.57. The van der Waals surface area contributed by atoms with Gasteiger partial charge in [-0.3, -0.25) is 0 Å². The van der Waals surface area contributed by atoms with E-state index in [4.69, 9.17) is 4.74 Å². The normalized spacial score (nSPS) is 11.0. The first-order valence-corrected chi connectivity index (χ1v) is 7.85. The molecule has 0 aliphatic rings. The maximum absolute atomic E-state index is 9.81. The molecule has 0 radical (unpaired) electrons. The molecule has 0 amide bonds. The van der Waals surface area contributed by atoms with Gasteiger partial charge >= 0.3 is 0 Å². The quantitative estimate of drug-likeness (QED) is 0.770. The van der Waals surface area contributed by atoms with Crippen molar-refractivity contribution >= 4 is 11.3 Å². The van der Waals surface area contributed by atoms with Gasteiger partial charge in [0.05, 0.1) is 7.11 Å². The monoisotopic (exact) mass is 307 g/mol. The van der Waals surface area contributed by atoms with Crippen molar-refractivity contribution in [1.82, 2.24) is 15.5 Å². The number of nitrogens with one attached hydrogen (secondary N) is 1. The SMILES string of the molecule is COc1ccc(-c2nnc(CCCNC(C)C)s2)cc1O. The van der Waals surface area contributed by atoms with Gasteiger partial charge in [-0.2, -0.15) is 0 Å². The Morgan fingerprint density at radius 2 is 2.14 bits per heavy atom. The lowest BCUT2D eigenvalue weighted by atomic mass is 10.2. The van der Waals surface area contributed by atoms with Crippen LogP contribution >= 0.6 is 11.3 Å². The van der Waals surface area contributed by atoms with E-state index >= 15 is 0 Å². The molecule has 0 spiro atoms. The summed E-state index contributed by atoms with van der Waals surface area (Å²) in [6.07, 6.45) is 1.96. The zero-order valence-electron chi connectivity index (χ0n) is 12.6. The molecule has 0 saturated heterocycles. The van der Waals surface area contributed by atoms with Gasteiger partial charge in [-0.25, -0.2) is 0 Å². The third-order valence-electron chi connectivity index (χ3n) is 3.01. The number of phenolic OH excluding ortho intramolecular Hbond substituents is 1. The lowest BCUT2D eigenvalue weighted by Gasteiger charge is -2.05. The molecule has 1 aromatic heterocycles. The molecule has 21 heavy (non-hydrogen) atoms. The van der Waals surface area contributed by atoms with Crippen LogP contribution in [0.4, 0.5) is 0 Å². The highest BCUT2D eigenvalue weighted by Crippen LogP contribution is 2.32. The third kappa shape index (κ3) is 4.41. The van der Waals surface area contributed by atoms with E-state index in [9.17, 15) is 5.11 Å². The highest BCUT2D eigenvalue weighted by molar-refractivity contribution is 7.14. The lowest BCUT2D eigenvalue weighted by molar-refractivity contribution is 0.373. The second-order valence-electron chi connectivity index (χ2n) is 5.10. The predicted molar refractivity (Wildman–Crippen MR) is 85.0 cm³/mol. The van der Waals surface area contributed by atoms with E-state index in [0.29, 0.717) is 11.8 Å². The van der Waals surface area contributed by atoms with Crippen molar-refractivity contribution < 1.29 is 9.84 Å². The summed E-state index contributed by atoms with van der Waals surface area (Å²) in [5, 5.41) is 23.4. The highest BCUT2D eigenvalue weighted by Gasteiger charge is 2.09. The smallest absolute Gasteiger partial charge is 0.160 e. The number of aromatic hydroxyl groups is 1. The van der Waals surface area contributed by atoms with E-state index in [0.717, 1.165) is 35.0 Å². The van der Waals surface area contributed by atoms with E-state index in [1.807, 2.05) is 6.07 Å². The number of rotatable bonds is 7. The maximum atomic E-state index is 9.81.